The minimum absolute atomic E-state index is 0.301. The van der Waals surface area contributed by atoms with Gasteiger partial charge in [-0.1, -0.05) is 29.8 Å². The molecule has 0 fully saturated rings. The summed E-state index contributed by atoms with van der Waals surface area (Å²) in [5.41, 5.74) is 1.27. The Labute approximate surface area is 205 Å². The first-order valence-corrected chi connectivity index (χ1v) is 11.3. The Morgan fingerprint density at radius 3 is 2.00 bits per heavy atom. The average Bonchev–Trinajstić information content (AvgIpc) is 3.20. The monoisotopic (exact) mass is 496 g/mol. The summed E-state index contributed by atoms with van der Waals surface area (Å²) < 4.78 is 17.0. The highest BCUT2D eigenvalue weighted by Crippen LogP contribution is 2.40. The molecule has 0 atom stereocenters. The number of hydrogen-bond acceptors (Lipinski definition) is 6. The highest BCUT2D eigenvalue weighted by Gasteiger charge is 2.21. The molecule has 3 aromatic carbocycles. The van der Waals surface area contributed by atoms with Gasteiger partial charge in [0.05, 0.1) is 37.7 Å². The topological polar surface area (TPSA) is 85.9 Å². The molecule has 2 N–H and O–H groups in total. The van der Waals surface area contributed by atoms with Gasteiger partial charge in [0.1, 0.15) is 22.1 Å². The van der Waals surface area contributed by atoms with Gasteiger partial charge in [0.15, 0.2) is 0 Å². The van der Waals surface area contributed by atoms with Crippen LogP contribution in [0.1, 0.15) is 20.0 Å². The van der Waals surface area contributed by atoms with Crippen LogP contribution in [0.5, 0.6) is 17.2 Å². The first-order valence-electron chi connectivity index (χ1n) is 10.1. The minimum atomic E-state index is -0.397. The van der Waals surface area contributed by atoms with Crippen molar-refractivity contribution in [2.45, 2.75) is 0 Å². The van der Waals surface area contributed by atoms with Crippen LogP contribution >= 0.6 is 22.9 Å². The standard InChI is InChI=1S/C25H21ClN2O5S/c1-31-15-9-10-21-16(11-15)22(26)23(34-21)25(30)28-18-13-19(32-2)17(12-20(18)33-3)27-24(29)14-7-5-4-6-8-14/h4-13H,1-3H3,(H,27,29)(H,28,30). The summed E-state index contributed by atoms with van der Waals surface area (Å²) in [5, 5.41) is 6.73. The van der Waals surface area contributed by atoms with Crippen molar-refractivity contribution in [3.63, 3.8) is 0 Å². The molecule has 0 aliphatic heterocycles. The molecule has 1 aromatic heterocycles. The highest BCUT2D eigenvalue weighted by atomic mass is 35.5. The summed E-state index contributed by atoms with van der Waals surface area (Å²) in [6, 6.07) is 17.4. The van der Waals surface area contributed by atoms with Gasteiger partial charge in [0.2, 0.25) is 0 Å². The molecule has 9 heteroatoms. The molecule has 4 rings (SSSR count). The third-order valence-corrected chi connectivity index (χ3v) is 6.77. The first-order chi connectivity index (χ1) is 16.4. The highest BCUT2D eigenvalue weighted by molar-refractivity contribution is 7.21. The van der Waals surface area contributed by atoms with Gasteiger partial charge in [-0.15, -0.1) is 11.3 Å². The van der Waals surface area contributed by atoms with Gasteiger partial charge in [-0.25, -0.2) is 0 Å². The van der Waals surface area contributed by atoms with Crippen LogP contribution < -0.4 is 24.8 Å². The quantitative estimate of drug-likeness (QED) is 0.323. The number of hydrogen-bond donors (Lipinski definition) is 2. The summed E-state index contributed by atoms with van der Waals surface area (Å²) in [7, 11) is 4.52. The third kappa shape index (κ3) is 4.64. The number of amides is 2. The predicted molar refractivity (Wildman–Crippen MR) is 135 cm³/mol. The van der Waals surface area contributed by atoms with E-state index in [1.807, 2.05) is 18.2 Å². The van der Waals surface area contributed by atoms with Crippen LogP contribution in [-0.2, 0) is 0 Å². The van der Waals surface area contributed by atoms with Crippen molar-refractivity contribution < 1.29 is 23.8 Å². The zero-order valence-electron chi connectivity index (χ0n) is 18.6. The van der Waals surface area contributed by atoms with Crippen LogP contribution in [0.15, 0.2) is 60.7 Å². The minimum Gasteiger partial charge on any atom is -0.497 e. The molecule has 0 bridgehead atoms. The molecule has 34 heavy (non-hydrogen) atoms. The van der Waals surface area contributed by atoms with Crippen LogP contribution in [0.25, 0.3) is 10.1 Å². The van der Waals surface area contributed by atoms with Gasteiger partial charge in [0.25, 0.3) is 11.8 Å². The fourth-order valence-electron chi connectivity index (χ4n) is 3.38. The number of benzene rings is 3. The second-order valence-electron chi connectivity index (χ2n) is 7.13. The fourth-order valence-corrected chi connectivity index (χ4v) is 4.76. The van der Waals surface area contributed by atoms with Gasteiger partial charge in [-0.2, -0.15) is 0 Å². The van der Waals surface area contributed by atoms with Gasteiger partial charge in [-0.05, 0) is 30.3 Å². The molecule has 7 nitrogen and oxygen atoms in total. The molecule has 0 spiro atoms. The Balaban J connectivity index is 1.63. The van der Waals surface area contributed by atoms with E-state index in [2.05, 4.69) is 10.6 Å². The number of rotatable bonds is 7. The Kier molecular flexibility index (Phi) is 6.90. The number of methoxy groups -OCH3 is 3. The van der Waals surface area contributed by atoms with Crippen molar-refractivity contribution >= 4 is 56.2 Å². The molecule has 174 valence electrons. The number of nitrogens with one attached hydrogen (secondary N) is 2. The maximum Gasteiger partial charge on any atom is 0.267 e. The number of carbonyl (C=O) groups is 2. The number of anilines is 2. The van der Waals surface area contributed by atoms with Crippen LogP contribution in [0.2, 0.25) is 5.02 Å². The second kappa shape index (κ2) is 10.0. The van der Waals surface area contributed by atoms with Crippen molar-refractivity contribution in [1.82, 2.24) is 0 Å². The lowest BCUT2D eigenvalue weighted by molar-refractivity contribution is 0.101. The molecular formula is C25H21ClN2O5S. The second-order valence-corrected chi connectivity index (χ2v) is 8.56. The summed E-state index contributed by atoms with van der Waals surface area (Å²) in [6.45, 7) is 0. The van der Waals surface area contributed by atoms with Crippen molar-refractivity contribution in [3.8, 4) is 17.2 Å². The van der Waals surface area contributed by atoms with E-state index in [4.69, 9.17) is 25.8 Å². The Morgan fingerprint density at radius 2 is 1.41 bits per heavy atom. The normalized spacial score (nSPS) is 10.6. The number of carbonyl (C=O) groups excluding carboxylic acids is 2. The zero-order valence-corrected chi connectivity index (χ0v) is 20.2. The van der Waals surface area contributed by atoms with E-state index in [1.54, 1.807) is 49.6 Å². The molecule has 0 saturated carbocycles. The van der Waals surface area contributed by atoms with E-state index in [0.29, 0.717) is 44.1 Å². The van der Waals surface area contributed by atoms with E-state index in [1.165, 1.54) is 25.6 Å². The summed E-state index contributed by atoms with van der Waals surface area (Å²) in [4.78, 5) is 26.0. The smallest absolute Gasteiger partial charge is 0.267 e. The summed E-state index contributed by atoms with van der Waals surface area (Å²) in [6.07, 6.45) is 0. The number of fused-ring (bicyclic) bond motifs is 1. The van der Waals surface area contributed by atoms with E-state index < -0.39 is 5.91 Å². The fraction of sp³-hybridized carbons (Fsp3) is 0.120. The van der Waals surface area contributed by atoms with Gasteiger partial charge >= 0.3 is 0 Å². The van der Waals surface area contributed by atoms with E-state index >= 15 is 0 Å². The summed E-state index contributed by atoms with van der Waals surface area (Å²) in [5.74, 6) is 0.652. The number of ether oxygens (including phenoxy) is 3. The van der Waals surface area contributed by atoms with E-state index in [0.717, 1.165) is 10.1 Å². The van der Waals surface area contributed by atoms with E-state index in [-0.39, 0.29) is 5.91 Å². The molecule has 0 aliphatic carbocycles. The molecule has 0 radical (unpaired) electrons. The zero-order chi connectivity index (χ0) is 24.2. The Bertz CT molecular complexity index is 1370. The molecule has 0 unspecified atom stereocenters. The third-order valence-electron chi connectivity index (χ3n) is 5.09. The van der Waals surface area contributed by atoms with Crippen molar-refractivity contribution in [3.05, 3.63) is 76.1 Å². The van der Waals surface area contributed by atoms with Crippen LogP contribution in [0.3, 0.4) is 0 Å². The van der Waals surface area contributed by atoms with Gasteiger partial charge < -0.3 is 24.8 Å². The maximum atomic E-state index is 13.1. The van der Waals surface area contributed by atoms with Gasteiger partial charge in [0, 0.05) is 27.8 Å². The number of halogens is 1. The van der Waals surface area contributed by atoms with Crippen molar-refractivity contribution in [1.29, 1.82) is 0 Å². The predicted octanol–water partition coefficient (Wildman–Crippen LogP) is 6.09. The van der Waals surface area contributed by atoms with E-state index in [9.17, 15) is 9.59 Å². The van der Waals surface area contributed by atoms with Crippen molar-refractivity contribution in [2.75, 3.05) is 32.0 Å². The average molecular weight is 497 g/mol. The molecule has 0 aliphatic rings. The van der Waals surface area contributed by atoms with Crippen LogP contribution in [-0.4, -0.2) is 33.1 Å². The number of thiophene rings is 1. The molecule has 2 amide bonds. The molecule has 4 aromatic rings. The van der Waals surface area contributed by atoms with Gasteiger partial charge in [-0.3, -0.25) is 9.59 Å². The molecule has 1 heterocycles. The van der Waals surface area contributed by atoms with Crippen LogP contribution in [0, 0.1) is 0 Å². The lowest BCUT2D eigenvalue weighted by Crippen LogP contribution is -2.14. The largest absolute Gasteiger partial charge is 0.497 e. The lowest BCUT2D eigenvalue weighted by Gasteiger charge is -2.16. The lowest BCUT2D eigenvalue weighted by atomic mass is 10.2. The summed E-state index contributed by atoms with van der Waals surface area (Å²) >= 11 is 7.79. The van der Waals surface area contributed by atoms with Crippen molar-refractivity contribution in [2.24, 2.45) is 0 Å². The Hall–Kier alpha value is -3.75. The first kappa shape index (κ1) is 23.4. The van der Waals surface area contributed by atoms with Crippen LogP contribution in [0.4, 0.5) is 11.4 Å². The molecular weight excluding hydrogens is 476 g/mol. The maximum absolute atomic E-state index is 13.1. The SMILES string of the molecule is COc1ccc2sc(C(=O)Nc3cc(OC)c(NC(=O)c4ccccc4)cc3OC)c(Cl)c2c1. The Morgan fingerprint density at radius 1 is 0.794 bits per heavy atom. The molecule has 0 saturated heterocycles.